The molecule has 1 aliphatic rings. The number of furan rings is 1. The maximum Gasteiger partial charge on any atom is 0.375 e. The third-order valence-electron chi connectivity index (χ3n) is 5.12. The van der Waals surface area contributed by atoms with Crippen LogP contribution in [0.2, 0.25) is 0 Å². The van der Waals surface area contributed by atoms with Gasteiger partial charge in [-0.2, -0.15) is 0 Å². The summed E-state index contributed by atoms with van der Waals surface area (Å²) in [5.74, 6) is -0.877. The lowest BCUT2D eigenvalue weighted by atomic mass is 9.97. The highest BCUT2D eigenvalue weighted by atomic mass is 16.6. The minimum absolute atomic E-state index is 0.0895. The van der Waals surface area contributed by atoms with E-state index >= 15 is 0 Å². The second-order valence-electron chi connectivity index (χ2n) is 7.24. The summed E-state index contributed by atoms with van der Waals surface area (Å²) in [5.41, 5.74) is 2.63. The van der Waals surface area contributed by atoms with Crippen molar-refractivity contribution in [2.75, 3.05) is 13.2 Å². The summed E-state index contributed by atoms with van der Waals surface area (Å²) in [6.45, 7) is 4.76. The molecule has 0 spiro atoms. The summed E-state index contributed by atoms with van der Waals surface area (Å²) < 4.78 is 16.6. The lowest BCUT2D eigenvalue weighted by Crippen LogP contribution is -2.36. The Kier molecular flexibility index (Phi) is 7.47. The van der Waals surface area contributed by atoms with Crippen LogP contribution in [-0.4, -0.2) is 31.1 Å². The molecule has 6 nitrogen and oxygen atoms in total. The van der Waals surface area contributed by atoms with Crippen molar-refractivity contribution in [3.8, 4) is 0 Å². The van der Waals surface area contributed by atoms with Gasteiger partial charge in [0.05, 0.1) is 6.61 Å². The topological polar surface area (TPSA) is 77.8 Å². The highest BCUT2D eigenvalue weighted by Gasteiger charge is 2.25. The number of carbonyl (C=O) groups excluding carboxylic acids is 2. The van der Waals surface area contributed by atoms with Crippen molar-refractivity contribution in [1.29, 1.82) is 0 Å². The van der Waals surface area contributed by atoms with Crippen LogP contribution >= 0.6 is 0 Å². The van der Waals surface area contributed by atoms with Crippen molar-refractivity contribution in [1.82, 2.24) is 5.32 Å². The molecule has 1 aromatic heterocycles. The van der Waals surface area contributed by atoms with Crippen molar-refractivity contribution >= 4 is 22.8 Å². The molecule has 2 aromatic rings. The minimum Gasteiger partial charge on any atom is -0.449 e. The number of para-hydroxylation sites is 1. The summed E-state index contributed by atoms with van der Waals surface area (Å²) in [6, 6.07) is 7.38. The summed E-state index contributed by atoms with van der Waals surface area (Å²) in [5, 5.41) is 3.66. The maximum atomic E-state index is 12.7. The van der Waals surface area contributed by atoms with E-state index in [1.165, 1.54) is 18.4 Å². The number of fused-ring (bicyclic) bond motifs is 1. The van der Waals surface area contributed by atoms with Crippen LogP contribution in [0.1, 0.15) is 62.1 Å². The van der Waals surface area contributed by atoms with E-state index in [4.69, 9.17) is 13.9 Å². The first-order chi connectivity index (χ1) is 14.1. The molecule has 0 saturated carbocycles. The van der Waals surface area contributed by atoms with Crippen LogP contribution in [0, 0.1) is 0 Å². The predicted molar refractivity (Wildman–Crippen MR) is 111 cm³/mol. The Morgan fingerprint density at radius 3 is 2.83 bits per heavy atom. The number of ether oxygens (including phenoxy) is 2. The zero-order valence-electron chi connectivity index (χ0n) is 17.2. The van der Waals surface area contributed by atoms with Crippen molar-refractivity contribution in [2.24, 2.45) is 0 Å². The fourth-order valence-corrected chi connectivity index (χ4v) is 3.50. The van der Waals surface area contributed by atoms with E-state index < -0.39 is 12.1 Å². The largest absolute Gasteiger partial charge is 0.449 e. The number of allylic oxidation sites excluding steroid dienone is 1. The number of esters is 1. The van der Waals surface area contributed by atoms with Gasteiger partial charge in [-0.05, 0) is 52.0 Å². The van der Waals surface area contributed by atoms with E-state index in [9.17, 15) is 9.59 Å². The summed E-state index contributed by atoms with van der Waals surface area (Å²) in [7, 11) is 0. The van der Waals surface area contributed by atoms with Gasteiger partial charge in [0.25, 0.3) is 5.91 Å². The van der Waals surface area contributed by atoms with Crippen LogP contribution in [-0.2, 0) is 20.9 Å². The van der Waals surface area contributed by atoms with Gasteiger partial charge in [-0.1, -0.05) is 29.8 Å². The molecular weight excluding hydrogens is 370 g/mol. The van der Waals surface area contributed by atoms with Crippen LogP contribution < -0.4 is 5.32 Å². The number of nitrogens with one attached hydrogen (secondary N) is 1. The van der Waals surface area contributed by atoms with Crippen LogP contribution in [0.3, 0.4) is 0 Å². The first kappa shape index (κ1) is 21.1. The Bertz CT molecular complexity index is 883. The number of carbonyl (C=O) groups is 2. The smallest absolute Gasteiger partial charge is 0.375 e. The van der Waals surface area contributed by atoms with E-state index in [2.05, 4.69) is 11.4 Å². The third kappa shape index (κ3) is 5.48. The minimum atomic E-state index is -0.906. The van der Waals surface area contributed by atoms with E-state index in [1.54, 1.807) is 13.0 Å². The standard InChI is InChI=1S/C23H29NO5/c1-3-27-15-19-18-11-7-8-12-20(18)29-21(19)23(26)28-16(2)22(25)24-14-13-17-9-5-4-6-10-17/h7-9,11-12,16H,3-6,10,13-15H2,1-2H3,(H,24,25)/t16-/m0/s1. The molecule has 6 heteroatoms. The van der Waals surface area contributed by atoms with Gasteiger partial charge in [0.15, 0.2) is 6.10 Å². The van der Waals surface area contributed by atoms with Crippen LogP contribution in [0.4, 0.5) is 0 Å². The zero-order chi connectivity index (χ0) is 20.6. The van der Waals surface area contributed by atoms with Gasteiger partial charge >= 0.3 is 5.97 Å². The monoisotopic (exact) mass is 399 g/mol. The van der Waals surface area contributed by atoms with E-state index in [1.807, 2.05) is 25.1 Å². The number of hydrogen-bond donors (Lipinski definition) is 1. The molecule has 1 amide bonds. The lowest BCUT2D eigenvalue weighted by Gasteiger charge is -2.15. The Morgan fingerprint density at radius 2 is 2.07 bits per heavy atom. The molecule has 156 valence electrons. The molecule has 0 fully saturated rings. The molecule has 0 radical (unpaired) electrons. The Morgan fingerprint density at radius 1 is 1.24 bits per heavy atom. The molecular formula is C23H29NO5. The average Bonchev–Trinajstić information content (AvgIpc) is 3.11. The Balaban J connectivity index is 1.60. The second-order valence-corrected chi connectivity index (χ2v) is 7.24. The summed E-state index contributed by atoms with van der Waals surface area (Å²) >= 11 is 0. The van der Waals surface area contributed by atoms with Gasteiger partial charge in [-0.25, -0.2) is 4.79 Å². The Hall–Kier alpha value is -2.60. The number of amides is 1. The molecule has 0 unspecified atom stereocenters. The maximum absolute atomic E-state index is 12.7. The van der Waals surface area contributed by atoms with Gasteiger partial charge in [0, 0.05) is 24.1 Å². The molecule has 29 heavy (non-hydrogen) atoms. The van der Waals surface area contributed by atoms with Gasteiger partial charge in [-0.3, -0.25) is 4.79 Å². The number of hydrogen-bond acceptors (Lipinski definition) is 5. The Labute approximate surface area is 171 Å². The summed E-state index contributed by atoms with van der Waals surface area (Å²) in [6.07, 6.45) is 6.89. The van der Waals surface area contributed by atoms with Crippen LogP contribution in [0.5, 0.6) is 0 Å². The van der Waals surface area contributed by atoms with Crippen LogP contribution in [0.25, 0.3) is 11.0 Å². The molecule has 1 aromatic carbocycles. The van der Waals surface area contributed by atoms with Gasteiger partial charge in [0.1, 0.15) is 5.58 Å². The highest BCUT2D eigenvalue weighted by molar-refractivity contribution is 5.97. The fourth-order valence-electron chi connectivity index (χ4n) is 3.50. The molecule has 0 aliphatic heterocycles. The van der Waals surface area contributed by atoms with Crippen LogP contribution in [0.15, 0.2) is 40.3 Å². The highest BCUT2D eigenvalue weighted by Crippen LogP contribution is 2.27. The van der Waals surface area contributed by atoms with E-state index in [0.717, 1.165) is 24.6 Å². The quantitative estimate of drug-likeness (QED) is 0.495. The normalized spacial score (nSPS) is 15.0. The second kappa shape index (κ2) is 10.3. The zero-order valence-corrected chi connectivity index (χ0v) is 17.2. The SMILES string of the molecule is CCOCc1c(C(=O)O[C@@H](C)C(=O)NCCC2=CCCCC2)oc2ccccc12. The first-order valence-corrected chi connectivity index (χ1v) is 10.3. The third-order valence-corrected chi connectivity index (χ3v) is 5.12. The molecule has 0 bridgehead atoms. The average molecular weight is 399 g/mol. The predicted octanol–water partition coefficient (Wildman–Crippen LogP) is 4.52. The molecule has 1 atom stereocenters. The van der Waals surface area contributed by atoms with Crippen molar-refractivity contribution < 1.29 is 23.5 Å². The van der Waals surface area contributed by atoms with E-state index in [-0.39, 0.29) is 18.3 Å². The fraction of sp³-hybridized carbons (Fsp3) is 0.478. The van der Waals surface area contributed by atoms with Crippen molar-refractivity contribution in [2.45, 2.75) is 58.7 Å². The molecule has 1 heterocycles. The molecule has 0 saturated heterocycles. The van der Waals surface area contributed by atoms with Gasteiger partial charge in [0.2, 0.25) is 5.76 Å². The van der Waals surface area contributed by atoms with Gasteiger partial charge in [-0.15, -0.1) is 0 Å². The van der Waals surface area contributed by atoms with Crippen molar-refractivity contribution in [3.05, 3.63) is 47.2 Å². The first-order valence-electron chi connectivity index (χ1n) is 10.3. The van der Waals surface area contributed by atoms with Crippen molar-refractivity contribution in [3.63, 3.8) is 0 Å². The summed E-state index contributed by atoms with van der Waals surface area (Å²) in [4.78, 5) is 25.0. The van der Waals surface area contributed by atoms with E-state index in [0.29, 0.717) is 24.3 Å². The molecule has 3 rings (SSSR count). The molecule has 1 aliphatic carbocycles. The number of benzene rings is 1. The lowest BCUT2D eigenvalue weighted by molar-refractivity contribution is -0.129. The van der Waals surface area contributed by atoms with Gasteiger partial charge < -0.3 is 19.2 Å². The number of rotatable bonds is 9. The molecule has 1 N–H and O–H groups in total.